The first-order chi connectivity index (χ1) is 13.4. The van der Waals surface area contributed by atoms with Crippen molar-refractivity contribution in [2.24, 2.45) is 5.41 Å². The highest BCUT2D eigenvalue weighted by molar-refractivity contribution is 6.04. The molecular weight excluding hydrogens is 352 g/mol. The standard InChI is InChI=1S/C23H26N2O3/c1-15-3-5-16(6-4-15)9-10-28-18-7-8-20-19(11-18)21(14-24-20)25-22(27)23(2)12-17(26)13-23/h3-8,11,14,17,24,26H,9-10,12-13H2,1-2H3,(H,25,27)/t17-,23-. The molecular formula is C23H26N2O3. The van der Waals surface area contributed by atoms with E-state index in [9.17, 15) is 9.90 Å². The molecule has 1 aliphatic rings. The van der Waals surface area contributed by atoms with Crippen LogP contribution in [-0.4, -0.2) is 28.7 Å². The Morgan fingerprint density at radius 2 is 2.00 bits per heavy atom. The summed E-state index contributed by atoms with van der Waals surface area (Å²) in [7, 11) is 0. The molecule has 1 saturated carbocycles. The topological polar surface area (TPSA) is 74.3 Å². The van der Waals surface area contributed by atoms with Crippen LogP contribution in [0.3, 0.4) is 0 Å². The zero-order chi connectivity index (χ0) is 19.7. The maximum atomic E-state index is 12.6. The number of nitrogens with one attached hydrogen (secondary N) is 2. The van der Waals surface area contributed by atoms with Gasteiger partial charge >= 0.3 is 0 Å². The second-order valence-corrected chi connectivity index (χ2v) is 8.07. The molecule has 5 heteroatoms. The number of carbonyl (C=O) groups excluding carboxylic acids is 1. The fourth-order valence-corrected chi connectivity index (χ4v) is 3.77. The van der Waals surface area contributed by atoms with Gasteiger partial charge in [-0.05, 0) is 43.5 Å². The van der Waals surface area contributed by atoms with Gasteiger partial charge in [0.15, 0.2) is 0 Å². The lowest BCUT2D eigenvalue weighted by Crippen LogP contribution is -2.47. The molecule has 0 spiro atoms. The molecule has 28 heavy (non-hydrogen) atoms. The SMILES string of the molecule is Cc1ccc(CCOc2ccc3[nH]cc(NC(=O)[C@]4(C)C[C@@H](O)C4)c3c2)cc1. The summed E-state index contributed by atoms with van der Waals surface area (Å²) in [6, 6.07) is 14.3. The number of hydrogen-bond donors (Lipinski definition) is 3. The van der Waals surface area contributed by atoms with Crippen LogP contribution in [0.1, 0.15) is 30.9 Å². The first kappa shape index (κ1) is 18.6. The number of amides is 1. The summed E-state index contributed by atoms with van der Waals surface area (Å²) < 4.78 is 5.93. The summed E-state index contributed by atoms with van der Waals surface area (Å²) >= 11 is 0. The van der Waals surface area contributed by atoms with E-state index in [0.717, 1.165) is 28.8 Å². The molecule has 1 aliphatic carbocycles. The summed E-state index contributed by atoms with van der Waals surface area (Å²) in [4.78, 5) is 15.8. The van der Waals surface area contributed by atoms with Crippen molar-refractivity contribution < 1.29 is 14.6 Å². The number of aliphatic hydroxyl groups is 1. The molecule has 5 nitrogen and oxygen atoms in total. The Morgan fingerprint density at radius 3 is 2.71 bits per heavy atom. The van der Waals surface area contributed by atoms with Gasteiger partial charge in [-0.25, -0.2) is 0 Å². The van der Waals surface area contributed by atoms with Gasteiger partial charge < -0.3 is 20.1 Å². The van der Waals surface area contributed by atoms with Crippen molar-refractivity contribution in [2.45, 2.75) is 39.2 Å². The highest BCUT2D eigenvalue weighted by Gasteiger charge is 2.45. The number of rotatable bonds is 6. The second kappa shape index (κ2) is 7.32. The molecule has 0 unspecified atom stereocenters. The number of aromatic nitrogens is 1. The number of benzene rings is 2. The van der Waals surface area contributed by atoms with Crippen LogP contribution < -0.4 is 10.1 Å². The molecule has 1 aromatic heterocycles. The normalized spacial score (nSPS) is 21.3. The molecule has 4 rings (SSSR count). The number of aryl methyl sites for hydroxylation is 1. The third-order valence-electron chi connectivity index (χ3n) is 5.60. The highest BCUT2D eigenvalue weighted by Crippen LogP contribution is 2.42. The van der Waals surface area contributed by atoms with E-state index in [2.05, 4.69) is 41.5 Å². The van der Waals surface area contributed by atoms with Gasteiger partial charge in [0.05, 0.1) is 23.8 Å². The van der Waals surface area contributed by atoms with E-state index in [-0.39, 0.29) is 12.0 Å². The number of aliphatic hydroxyl groups excluding tert-OH is 1. The lowest BCUT2D eigenvalue weighted by molar-refractivity contribution is -0.136. The lowest BCUT2D eigenvalue weighted by Gasteiger charge is -2.40. The second-order valence-electron chi connectivity index (χ2n) is 8.07. The summed E-state index contributed by atoms with van der Waals surface area (Å²) in [6.07, 6.45) is 3.29. The van der Waals surface area contributed by atoms with Gasteiger partial charge in [0.25, 0.3) is 0 Å². The Hall–Kier alpha value is -2.79. The number of carbonyl (C=O) groups is 1. The van der Waals surface area contributed by atoms with Gasteiger partial charge in [-0.2, -0.15) is 0 Å². The summed E-state index contributed by atoms with van der Waals surface area (Å²) in [6.45, 7) is 4.57. The molecule has 0 atom stereocenters. The van der Waals surface area contributed by atoms with Crippen molar-refractivity contribution in [1.29, 1.82) is 0 Å². The Labute approximate surface area is 164 Å². The molecule has 0 radical (unpaired) electrons. The zero-order valence-corrected chi connectivity index (χ0v) is 16.3. The number of aromatic amines is 1. The van der Waals surface area contributed by atoms with Gasteiger partial charge in [-0.3, -0.25) is 4.79 Å². The van der Waals surface area contributed by atoms with Gasteiger partial charge in [-0.1, -0.05) is 36.8 Å². The average Bonchev–Trinajstić information content (AvgIpc) is 3.04. The molecule has 146 valence electrons. The largest absolute Gasteiger partial charge is 0.493 e. The molecule has 0 bridgehead atoms. The molecule has 3 aromatic rings. The molecule has 1 heterocycles. The van der Waals surface area contributed by atoms with Crippen LogP contribution in [0.2, 0.25) is 0 Å². The lowest BCUT2D eigenvalue weighted by atomic mass is 9.67. The molecule has 1 fully saturated rings. The monoisotopic (exact) mass is 378 g/mol. The van der Waals surface area contributed by atoms with Gasteiger partial charge in [0.2, 0.25) is 5.91 Å². The van der Waals surface area contributed by atoms with Crippen molar-refractivity contribution in [3.8, 4) is 5.75 Å². The maximum Gasteiger partial charge on any atom is 0.230 e. The smallest absolute Gasteiger partial charge is 0.230 e. The minimum Gasteiger partial charge on any atom is -0.493 e. The van der Waals surface area contributed by atoms with Gasteiger partial charge in [0, 0.05) is 23.5 Å². The fourth-order valence-electron chi connectivity index (χ4n) is 3.77. The Morgan fingerprint density at radius 1 is 1.25 bits per heavy atom. The van der Waals surface area contributed by atoms with E-state index < -0.39 is 5.41 Å². The summed E-state index contributed by atoms with van der Waals surface area (Å²) in [5, 5.41) is 13.5. The molecule has 3 N–H and O–H groups in total. The number of ether oxygens (including phenoxy) is 1. The van der Waals surface area contributed by atoms with Crippen molar-refractivity contribution in [3.05, 3.63) is 59.8 Å². The summed E-state index contributed by atoms with van der Waals surface area (Å²) in [5.74, 6) is 0.726. The third kappa shape index (κ3) is 3.76. The number of H-pyrrole nitrogens is 1. The van der Waals surface area contributed by atoms with Crippen LogP contribution in [0, 0.1) is 12.3 Å². The van der Waals surface area contributed by atoms with Crippen molar-refractivity contribution in [2.75, 3.05) is 11.9 Å². The third-order valence-corrected chi connectivity index (χ3v) is 5.60. The summed E-state index contributed by atoms with van der Waals surface area (Å²) in [5.41, 5.74) is 3.69. The van der Waals surface area contributed by atoms with Crippen molar-refractivity contribution in [1.82, 2.24) is 4.98 Å². The average molecular weight is 378 g/mol. The van der Waals surface area contributed by atoms with E-state index in [1.165, 1.54) is 11.1 Å². The number of fused-ring (bicyclic) bond motifs is 1. The molecule has 0 aliphatic heterocycles. The fraction of sp³-hybridized carbons (Fsp3) is 0.348. The van der Waals surface area contributed by atoms with Crippen molar-refractivity contribution in [3.63, 3.8) is 0 Å². The van der Waals surface area contributed by atoms with E-state index >= 15 is 0 Å². The molecule has 2 aromatic carbocycles. The van der Waals surface area contributed by atoms with Crippen LogP contribution in [-0.2, 0) is 11.2 Å². The van der Waals surface area contributed by atoms with Crippen LogP contribution >= 0.6 is 0 Å². The quantitative estimate of drug-likeness (QED) is 0.602. The molecule has 1 amide bonds. The number of hydrogen-bond acceptors (Lipinski definition) is 3. The van der Waals surface area contributed by atoms with E-state index in [1.807, 2.05) is 25.1 Å². The van der Waals surface area contributed by atoms with Crippen LogP contribution in [0.15, 0.2) is 48.7 Å². The molecule has 0 saturated heterocycles. The maximum absolute atomic E-state index is 12.6. The van der Waals surface area contributed by atoms with Gasteiger partial charge in [-0.15, -0.1) is 0 Å². The Balaban J connectivity index is 1.42. The van der Waals surface area contributed by atoms with Crippen LogP contribution in [0.5, 0.6) is 5.75 Å². The van der Waals surface area contributed by atoms with E-state index in [4.69, 9.17) is 4.74 Å². The minimum absolute atomic E-state index is 0.0515. The van der Waals surface area contributed by atoms with Crippen LogP contribution in [0.4, 0.5) is 5.69 Å². The predicted octanol–water partition coefficient (Wildman–Crippen LogP) is 4.20. The van der Waals surface area contributed by atoms with Crippen LogP contribution in [0.25, 0.3) is 10.9 Å². The van der Waals surface area contributed by atoms with E-state index in [1.54, 1.807) is 6.20 Å². The van der Waals surface area contributed by atoms with Gasteiger partial charge in [0.1, 0.15) is 5.75 Å². The number of anilines is 1. The highest BCUT2D eigenvalue weighted by atomic mass is 16.5. The van der Waals surface area contributed by atoms with Crippen molar-refractivity contribution >= 4 is 22.5 Å². The van der Waals surface area contributed by atoms with E-state index in [0.29, 0.717) is 19.4 Å². The zero-order valence-electron chi connectivity index (χ0n) is 16.3. The predicted molar refractivity (Wildman–Crippen MR) is 111 cm³/mol. The first-order valence-electron chi connectivity index (χ1n) is 9.72. The minimum atomic E-state index is -0.495. The first-order valence-corrected chi connectivity index (χ1v) is 9.72. The Kier molecular flexibility index (Phi) is 4.85. The Bertz CT molecular complexity index is 985.